The van der Waals surface area contributed by atoms with Gasteiger partial charge in [0.05, 0.1) is 13.5 Å². The minimum absolute atomic E-state index is 0.114. The quantitative estimate of drug-likeness (QED) is 0.432. The van der Waals surface area contributed by atoms with Crippen molar-refractivity contribution in [2.45, 2.75) is 6.42 Å². The summed E-state index contributed by atoms with van der Waals surface area (Å²) in [6.45, 7) is 5.11. The van der Waals surface area contributed by atoms with Gasteiger partial charge in [-0.2, -0.15) is 0 Å². The molecule has 4 nitrogen and oxygen atoms in total. The van der Waals surface area contributed by atoms with Gasteiger partial charge in [-0.15, -0.1) is 0 Å². The highest BCUT2D eigenvalue weighted by atomic mass is 127. The van der Waals surface area contributed by atoms with Crippen molar-refractivity contribution in [1.29, 1.82) is 0 Å². The third-order valence-electron chi connectivity index (χ3n) is 2.18. The Kier molecular flexibility index (Phi) is 4.97. The van der Waals surface area contributed by atoms with Crippen LogP contribution in [-0.4, -0.2) is 53.8 Å². The van der Waals surface area contributed by atoms with E-state index in [0.29, 0.717) is 6.42 Å². The third-order valence-corrected chi connectivity index (χ3v) is 3.14. The maximum atomic E-state index is 10.9. The fourth-order valence-corrected chi connectivity index (χ4v) is 1.73. The number of piperazine rings is 1. The van der Waals surface area contributed by atoms with Crippen LogP contribution in [0, 0.1) is 0 Å². The van der Waals surface area contributed by atoms with Gasteiger partial charge >= 0.3 is 5.97 Å². The molecule has 1 aliphatic heterocycles. The second-order valence-electron chi connectivity index (χ2n) is 3.08. The van der Waals surface area contributed by atoms with E-state index in [1.54, 1.807) is 0 Å². The second-order valence-corrected chi connectivity index (χ2v) is 4.44. The number of carbonyl (C=O) groups is 1. The Morgan fingerprint density at radius 2 is 2.00 bits per heavy atom. The number of esters is 1. The van der Waals surface area contributed by atoms with E-state index in [9.17, 15) is 4.79 Å². The molecule has 0 bridgehead atoms. The minimum atomic E-state index is -0.114. The number of halogens is 1. The Morgan fingerprint density at radius 3 is 2.54 bits per heavy atom. The van der Waals surface area contributed by atoms with Crippen LogP contribution in [0.2, 0.25) is 0 Å². The van der Waals surface area contributed by atoms with Gasteiger partial charge in [0.25, 0.3) is 0 Å². The lowest BCUT2D eigenvalue weighted by molar-refractivity contribution is -0.141. The molecule has 0 aromatic carbocycles. The third kappa shape index (κ3) is 4.24. The van der Waals surface area contributed by atoms with Crippen LogP contribution < -0.4 is 0 Å². The van der Waals surface area contributed by atoms with Crippen LogP contribution in [0.5, 0.6) is 0 Å². The molecule has 0 amide bonds. The first kappa shape index (κ1) is 11.2. The van der Waals surface area contributed by atoms with E-state index in [1.165, 1.54) is 7.11 Å². The summed E-state index contributed by atoms with van der Waals surface area (Å²) in [5, 5.41) is 0. The van der Waals surface area contributed by atoms with Gasteiger partial charge < -0.3 is 9.64 Å². The van der Waals surface area contributed by atoms with Gasteiger partial charge in [-0.05, 0) is 0 Å². The molecule has 0 atom stereocenters. The van der Waals surface area contributed by atoms with E-state index in [-0.39, 0.29) is 5.97 Å². The van der Waals surface area contributed by atoms with Gasteiger partial charge in [0.2, 0.25) is 0 Å². The predicted molar refractivity (Wildman–Crippen MR) is 58.7 cm³/mol. The maximum absolute atomic E-state index is 10.9. The molecule has 0 N–H and O–H groups in total. The normalized spacial score (nSPS) is 20.2. The van der Waals surface area contributed by atoms with Crippen molar-refractivity contribution >= 4 is 28.8 Å². The smallest absolute Gasteiger partial charge is 0.306 e. The SMILES string of the molecule is COC(=O)CCN1CCN(I)CC1. The van der Waals surface area contributed by atoms with Crippen LogP contribution in [0.4, 0.5) is 0 Å². The van der Waals surface area contributed by atoms with Crippen molar-refractivity contribution in [1.82, 2.24) is 8.01 Å². The second kappa shape index (κ2) is 5.77. The van der Waals surface area contributed by atoms with Crippen molar-refractivity contribution in [3.63, 3.8) is 0 Å². The van der Waals surface area contributed by atoms with Crippen molar-refractivity contribution in [2.75, 3.05) is 39.8 Å². The number of nitrogens with zero attached hydrogens (tertiary/aromatic N) is 2. The van der Waals surface area contributed by atoms with Crippen LogP contribution in [0.25, 0.3) is 0 Å². The van der Waals surface area contributed by atoms with Gasteiger partial charge in [-0.25, -0.2) is 3.11 Å². The van der Waals surface area contributed by atoms with Crippen molar-refractivity contribution in [2.24, 2.45) is 0 Å². The molecule has 13 heavy (non-hydrogen) atoms. The molecule has 1 saturated heterocycles. The van der Waals surface area contributed by atoms with Crippen molar-refractivity contribution in [3.05, 3.63) is 0 Å². The molecule has 0 aromatic heterocycles. The first-order valence-corrected chi connectivity index (χ1v) is 5.39. The molecular weight excluding hydrogens is 283 g/mol. The van der Waals surface area contributed by atoms with Gasteiger partial charge in [0.1, 0.15) is 0 Å². The summed E-state index contributed by atoms with van der Waals surface area (Å²) in [5.41, 5.74) is 0. The zero-order valence-electron chi connectivity index (χ0n) is 7.83. The van der Waals surface area contributed by atoms with Crippen LogP contribution in [0.3, 0.4) is 0 Å². The van der Waals surface area contributed by atoms with Gasteiger partial charge in [0, 0.05) is 55.6 Å². The van der Waals surface area contributed by atoms with Crippen LogP contribution >= 0.6 is 22.9 Å². The Morgan fingerprint density at radius 1 is 1.38 bits per heavy atom. The highest BCUT2D eigenvalue weighted by Gasteiger charge is 2.15. The van der Waals surface area contributed by atoms with Crippen molar-refractivity contribution in [3.8, 4) is 0 Å². The summed E-state index contributed by atoms with van der Waals surface area (Å²) < 4.78 is 6.86. The molecular formula is C8H15IN2O2. The summed E-state index contributed by atoms with van der Waals surface area (Å²) in [5.74, 6) is -0.114. The molecule has 76 valence electrons. The molecule has 0 aromatic rings. The van der Waals surface area contributed by atoms with E-state index >= 15 is 0 Å². The molecule has 0 unspecified atom stereocenters. The molecule has 0 spiro atoms. The number of hydrogen-bond donors (Lipinski definition) is 0. The van der Waals surface area contributed by atoms with Crippen LogP contribution in [-0.2, 0) is 9.53 Å². The Bertz CT molecular complexity index is 170. The van der Waals surface area contributed by atoms with Gasteiger partial charge in [-0.3, -0.25) is 4.79 Å². The molecule has 1 rings (SSSR count). The Balaban J connectivity index is 2.12. The Labute approximate surface area is 92.7 Å². The van der Waals surface area contributed by atoms with Crippen LogP contribution in [0.1, 0.15) is 6.42 Å². The summed E-state index contributed by atoms with van der Waals surface area (Å²) in [7, 11) is 1.44. The molecule has 5 heteroatoms. The molecule has 1 aliphatic rings. The summed E-state index contributed by atoms with van der Waals surface area (Å²) >= 11 is 2.33. The van der Waals surface area contributed by atoms with E-state index in [0.717, 1.165) is 32.7 Å². The lowest BCUT2D eigenvalue weighted by Gasteiger charge is -2.30. The first-order chi connectivity index (χ1) is 6.22. The molecule has 0 radical (unpaired) electrons. The van der Waals surface area contributed by atoms with E-state index in [2.05, 4.69) is 35.6 Å². The van der Waals surface area contributed by atoms with E-state index in [1.807, 2.05) is 0 Å². The van der Waals surface area contributed by atoms with Gasteiger partial charge in [0.15, 0.2) is 0 Å². The summed E-state index contributed by atoms with van der Waals surface area (Å²) in [6, 6.07) is 0. The monoisotopic (exact) mass is 298 g/mol. The lowest BCUT2D eigenvalue weighted by Crippen LogP contribution is -2.42. The van der Waals surface area contributed by atoms with Gasteiger partial charge in [-0.1, -0.05) is 0 Å². The fourth-order valence-electron chi connectivity index (χ4n) is 1.30. The predicted octanol–water partition coefficient (Wildman–Crippen LogP) is 0.517. The number of hydrogen-bond acceptors (Lipinski definition) is 4. The minimum Gasteiger partial charge on any atom is -0.469 e. The maximum Gasteiger partial charge on any atom is 0.306 e. The number of rotatable bonds is 3. The average Bonchev–Trinajstić information content (AvgIpc) is 2.16. The molecule has 1 heterocycles. The van der Waals surface area contributed by atoms with E-state index < -0.39 is 0 Å². The fraction of sp³-hybridized carbons (Fsp3) is 0.875. The van der Waals surface area contributed by atoms with E-state index in [4.69, 9.17) is 0 Å². The molecule has 1 fully saturated rings. The topological polar surface area (TPSA) is 32.8 Å². The number of carbonyl (C=O) groups excluding carboxylic acids is 1. The van der Waals surface area contributed by atoms with Crippen molar-refractivity contribution < 1.29 is 9.53 Å². The highest BCUT2D eigenvalue weighted by Crippen LogP contribution is 2.06. The van der Waals surface area contributed by atoms with Crippen LogP contribution in [0.15, 0.2) is 0 Å². The number of methoxy groups -OCH3 is 1. The highest BCUT2D eigenvalue weighted by molar-refractivity contribution is 14.1. The standard InChI is InChI=1S/C8H15IN2O2/c1-13-8(12)2-3-10-4-6-11(9)7-5-10/h2-7H2,1H3. The zero-order valence-corrected chi connectivity index (χ0v) is 9.99. The Hall–Kier alpha value is 0.120. The lowest BCUT2D eigenvalue weighted by atomic mass is 10.3. The largest absolute Gasteiger partial charge is 0.469 e. The summed E-state index contributed by atoms with van der Waals surface area (Å²) in [6.07, 6.45) is 0.512. The number of ether oxygens (including phenoxy) is 1. The first-order valence-electron chi connectivity index (χ1n) is 4.42. The average molecular weight is 298 g/mol. The zero-order chi connectivity index (χ0) is 9.68. The molecule has 0 saturated carbocycles. The molecule has 0 aliphatic carbocycles. The summed E-state index contributed by atoms with van der Waals surface area (Å²) in [4.78, 5) is 13.2.